The number of hydrogen-bond acceptors (Lipinski definition) is 2. The van der Waals surface area contributed by atoms with Crippen LogP contribution in [0.2, 0.25) is 0 Å². The highest BCUT2D eigenvalue weighted by molar-refractivity contribution is 5.49. The van der Waals surface area contributed by atoms with Crippen molar-refractivity contribution in [3.8, 4) is 0 Å². The van der Waals surface area contributed by atoms with Gasteiger partial charge in [0.1, 0.15) is 12.8 Å². The largest absolute Gasteiger partial charge is 0.391 e. The molecule has 0 aromatic carbocycles. The summed E-state index contributed by atoms with van der Waals surface area (Å²) in [4.78, 5) is 9.98. The fourth-order valence-corrected chi connectivity index (χ4v) is 0.785. The number of nitrogens with zero attached hydrogens (tertiary/aromatic N) is 1. The first-order valence-electron chi connectivity index (χ1n) is 3.49. The van der Waals surface area contributed by atoms with Crippen molar-refractivity contribution in [3.05, 3.63) is 0 Å². The molecular weight excluding hydrogens is 130 g/mol. The third-order valence-corrected chi connectivity index (χ3v) is 1.56. The lowest BCUT2D eigenvalue weighted by molar-refractivity contribution is -0.889. The van der Waals surface area contributed by atoms with E-state index >= 15 is 0 Å². The minimum absolute atomic E-state index is 0.186. The van der Waals surface area contributed by atoms with Crippen LogP contribution in [-0.2, 0) is 4.79 Å². The summed E-state index contributed by atoms with van der Waals surface area (Å²) in [7, 11) is 4.00. The first kappa shape index (κ1) is 9.59. The molecule has 0 amide bonds. The molecule has 0 aliphatic heterocycles. The van der Waals surface area contributed by atoms with Crippen LogP contribution >= 0.6 is 0 Å². The van der Waals surface area contributed by atoms with Crippen LogP contribution in [0.15, 0.2) is 0 Å². The Labute approximate surface area is 61.9 Å². The summed E-state index contributed by atoms with van der Waals surface area (Å²) in [5.74, 6) is 0. The van der Waals surface area contributed by atoms with E-state index in [0.29, 0.717) is 13.0 Å². The Hall–Kier alpha value is -0.410. The van der Waals surface area contributed by atoms with Gasteiger partial charge in [-0.1, -0.05) is 0 Å². The Kier molecular flexibility index (Phi) is 4.23. The molecule has 0 aromatic rings. The third kappa shape index (κ3) is 4.47. The van der Waals surface area contributed by atoms with Crippen molar-refractivity contribution in [2.45, 2.75) is 6.42 Å². The van der Waals surface area contributed by atoms with Crippen LogP contribution in [0.25, 0.3) is 0 Å². The van der Waals surface area contributed by atoms with Crippen molar-refractivity contribution in [2.75, 3.05) is 33.8 Å². The third-order valence-electron chi connectivity index (χ3n) is 1.56. The molecule has 3 nitrogen and oxygen atoms in total. The second kappa shape index (κ2) is 4.41. The topological polar surface area (TPSA) is 37.3 Å². The maximum atomic E-state index is 9.98. The van der Waals surface area contributed by atoms with Crippen LogP contribution in [0.5, 0.6) is 0 Å². The Balaban J connectivity index is 3.51. The summed E-state index contributed by atoms with van der Waals surface area (Å²) < 4.78 is 0.718. The molecule has 0 radical (unpaired) electrons. The molecule has 3 heteroatoms. The Morgan fingerprint density at radius 3 is 2.40 bits per heavy atom. The molecule has 10 heavy (non-hydrogen) atoms. The quantitative estimate of drug-likeness (QED) is 0.425. The zero-order valence-corrected chi connectivity index (χ0v) is 6.71. The maximum Gasteiger partial charge on any atom is 0.125 e. The average Bonchev–Trinajstić information content (AvgIpc) is 1.84. The predicted molar refractivity (Wildman–Crippen MR) is 39.6 cm³/mol. The summed E-state index contributed by atoms with van der Waals surface area (Å²) in [6.07, 6.45) is 1.49. The summed E-state index contributed by atoms with van der Waals surface area (Å²) >= 11 is 0. The molecule has 0 heterocycles. The lowest BCUT2D eigenvalue weighted by Gasteiger charge is -2.27. The Morgan fingerprint density at radius 2 is 2.00 bits per heavy atom. The number of rotatable bonds is 5. The van der Waals surface area contributed by atoms with Gasteiger partial charge in [0.2, 0.25) is 0 Å². The lowest BCUT2D eigenvalue weighted by atomic mass is 10.3. The minimum Gasteiger partial charge on any atom is -0.391 e. The molecule has 0 rings (SSSR count). The van der Waals surface area contributed by atoms with Crippen molar-refractivity contribution in [3.63, 3.8) is 0 Å². The molecule has 0 atom stereocenters. The smallest absolute Gasteiger partial charge is 0.125 e. The Morgan fingerprint density at radius 1 is 1.40 bits per heavy atom. The molecule has 1 N–H and O–H groups in total. The van der Waals surface area contributed by atoms with E-state index < -0.39 is 0 Å². The van der Waals surface area contributed by atoms with Crippen LogP contribution < -0.4 is 0 Å². The van der Waals surface area contributed by atoms with E-state index in [-0.39, 0.29) is 6.61 Å². The molecule has 0 spiro atoms. The Bertz CT molecular complexity index is 102. The molecule has 0 bridgehead atoms. The molecule has 0 aliphatic rings. The second-order valence-electron chi connectivity index (χ2n) is 3.06. The van der Waals surface area contributed by atoms with Gasteiger partial charge in [-0.05, 0) is 0 Å². The van der Waals surface area contributed by atoms with E-state index in [9.17, 15) is 4.79 Å². The highest BCUT2D eigenvalue weighted by atomic mass is 16.3. The van der Waals surface area contributed by atoms with E-state index in [4.69, 9.17) is 5.11 Å². The summed E-state index contributed by atoms with van der Waals surface area (Å²) in [6, 6.07) is 0. The van der Waals surface area contributed by atoms with Crippen LogP contribution in [0.3, 0.4) is 0 Å². The van der Waals surface area contributed by atoms with E-state index in [1.54, 1.807) is 0 Å². The molecule has 0 aliphatic carbocycles. The first-order chi connectivity index (χ1) is 4.62. The number of aliphatic hydroxyl groups excluding tert-OH is 1. The van der Waals surface area contributed by atoms with E-state index in [0.717, 1.165) is 17.3 Å². The van der Waals surface area contributed by atoms with E-state index in [1.807, 2.05) is 14.1 Å². The maximum absolute atomic E-state index is 9.98. The summed E-state index contributed by atoms with van der Waals surface area (Å²) in [6.45, 7) is 1.71. The number of aldehydes is 1. The van der Waals surface area contributed by atoms with Gasteiger partial charge in [0, 0.05) is 0 Å². The van der Waals surface area contributed by atoms with E-state index in [1.165, 1.54) is 0 Å². The highest BCUT2D eigenvalue weighted by Gasteiger charge is 2.11. The SMILES string of the molecule is C[N+](C)(CCO)CCC=O. The zero-order chi connectivity index (χ0) is 8.04. The van der Waals surface area contributed by atoms with Gasteiger partial charge < -0.3 is 14.4 Å². The van der Waals surface area contributed by atoms with Crippen LogP contribution in [0.4, 0.5) is 0 Å². The van der Waals surface area contributed by atoms with Crippen molar-refractivity contribution in [2.24, 2.45) is 0 Å². The molecule has 0 fully saturated rings. The normalized spacial score (nSPS) is 11.5. The summed E-state index contributed by atoms with van der Waals surface area (Å²) in [5, 5.41) is 8.60. The molecule has 60 valence electrons. The number of aliphatic hydroxyl groups is 1. The minimum atomic E-state index is 0.186. The second-order valence-corrected chi connectivity index (χ2v) is 3.06. The lowest BCUT2D eigenvalue weighted by Crippen LogP contribution is -2.42. The molecular formula is C7H16NO2+. The average molecular weight is 146 g/mol. The zero-order valence-electron chi connectivity index (χ0n) is 6.71. The molecule has 0 unspecified atom stereocenters. The van der Waals surface area contributed by atoms with Crippen molar-refractivity contribution >= 4 is 6.29 Å². The van der Waals surface area contributed by atoms with Gasteiger partial charge in [0.05, 0.1) is 33.7 Å². The standard InChI is InChI=1S/C7H16NO2/c1-8(2,5-7-10)4-3-6-9/h6,10H,3-5,7H2,1-2H3/q+1. The first-order valence-corrected chi connectivity index (χ1v) is 3.49. The highest BCUT2D eigenvalue weighted by Crippen LogP contribution is 1.95. The fourth-order valence-electron chi connectivity index (χ4n) is 0.785. The van der Waals surface area contributed by atoms with Gasteiger partial charge in [-0.2, -0.15) is 0 Å². The molecule has 0 saturated heterocycles. The number of quaternary nitrogens is 1. The van der Waals surface area contributed by atoms with Crippen LogP contribution in [-0.4, -0.2) is 49.7 Å². The summed E-state index contributed by atoms with van der Waals surface area (Å²) in [5.41, 5.74) is 0. The monoisotopic (exact) mass is 146 g/mol. The van der Waals surface area contributed by atoms with Gasteiger partial charge in [-0.25, -0.2) is 0 Å². The molecule has 0 aromatic heterocycles. The van der Waals surface area contributed by atoms with Gasteiger partial charge in [-0.15, -0.1) is 0 Å². The number of hydrogen-bond donors (Lipinski definition) is 1. The van der Waals surface area contributed by atoms with Gasteiger partial charge in [-0.3, -0.25) is 0 Å². The van der Waals surface area contributed by atoms with Crippen molar-refractivity contribution in [1.82, 2.24) is 0 Å². The fraction of sp³-hybridized carbons (Fsp3) is 0.857. The van der Waals surface area contributed by atoms with E-state index in [2.05, 4.69) is 0 Å². The number of carbonyl (C=O) groups is 1. The van der Waals surface area contributed by atoms with Crippen LogP contribution in [0.1, 0.15) is 6.42 Å². The van der Waals surface area contributed by atoms with Crippen molar-refractivity contribution in [1.29, 1.82) is 0 Å². The number of likely N-dealkylation sites (N-methyl/N-ethyl adjacent to an activating group) is 1. The molecule has 0 saturated carbocycles. The van der Waals surface area contributed by atoms with Gasteiger partial charge in [0.15, 0.2) is 0 Å². The van der Waals surface area contributed by atoms with Crippen LogP contribution in [0, 0.1) is 0 Å². The predicted octanol–water partition coefficient (Wildman–Crippen LogP) is -0.356. The van der Waals surface area contributed by atoms with Gasteiger partial charge >= 0.3 is 0 Å². The number of carbonyl (C=O) groups excluding carboxylic acids is 1. The van der Waals surface area contributed by atoms with Crippen molar-refractivity contribution < 1.29 is 14.4 Å². The van der Waals surface area contributed by atoms with Gasteiger partial charge in [0.25, 0.3) is 0 Å².